The number of hydrogen-bond donors (Lipinski definition) is 0. The first-order chi connectivity index (χ1) is 21.4. The van der Waals surface area contributed by atoms with Crippen molar-refractivity contribution in [2.75, 3.05) is 13.2 Å². The Morgan fingerprint density at radius 1 is 0.614 bits per heavy atom. The van der Waals surface area contributed by atoms with Crippen LogP contribution >= 0.6 is 0 Å². The van der Waals surface area contributed by atoms with Gasteiger partial charge in [-0.05, 0) is 85.8 Å². The number of unbranched alkanes of at least 4 members (excludes halogenated alkanes) is 5. The minimum atomic E-state index is -0.471. The van der Waals surface area contributed by atoms with Gasteiger partial charge in [0.25, 0.3) is 0 Å². The van der Waals surface area contributed by atoms with Crippen molar-refractivity contribution < 1.29 is 33.3 Å². The first kappa shape index (κ1) is 34.4. The molecule has 0 aliphatic rings. The summed E-state index contributed by atoms with van der Waals surface area (Å²) in [4.78, 5) is 36.8. The molecule has 1 unspecified atom stereocenters. The molecule has 0 saturated heterocycles. The number of carbonyl (C=O) groups excluding carboxylic acids is 3. The molecule has 3 aromatic carbocycles. The fourth-order valence-corrected chi connectivity index (χ4v) is 4.56. The lowest BCUT2D eigenvalue weighted by atomic mass is 10.0. The highest BCUT2D eigenvalue weighted by atomic mass is 16.5. The molecule has 1 atom stereocenters. The van der Waals surface area contributed by atoms with Crippen molar-refractivity contribution in [1.29, 1.82) is 0 Å². The summed E-state index contributed by atoms with van der Waals surface area (Å²) in [6, 6.07) is 21.3. The van der Waals surface area contributed by atoms with Gasteiger partial charge in [-0.15, -0.1) is 0 Å². The lowest BCUT2D eigenvalue weighted by Crippen LogP contribution is -2.15. The van der Waals surface area contributed by atoms with Crippen LogP contribution in [0.5, 0.6) is 11.5 Å². The molecular weight excluding hydrogens is 556 g/mol. The molecule has 0 N–H and O–H groups in total. The van der Waals surface area contributed by atoms with Gasteiger partial charge >= 0.3 is 17.9 Å². The molecule has 0 bridgehead atoms. The summed E-state index contributed by atoms with van der Waals surface area (Å²) in [7, 11) is 0. The van der Waals surface area contributed by atoms with Gasteiger partial charge in [0.1, 0.15) is 11.5 Å². The van der Waals surface area contributed by atoms with E-state index in [9.17, 15) is 14.4 Å². The first-order valence-corrected chi connectivity index (χ1v) is 15.9. The fourth-order valence-electron chi connectivity index (χ4n) is 4.56. The third-order valence-electron chi connectivity index (χ3n) is 7.19. The summed E-state index contributed by atoms with van der Waals surface area (Å²) >= 11 is 0. The van der Waals surface area contributed by atoms with E-state index in [4.69, 9.17) is 18.9 Å². The number of esters is 3. The predicted octanol–water partition coefficient (Wildman–Crippen LogP) is 8.98. The topological polar surface area (TPSA) is 88.1 Å². The van der Waals surface area contributed by atoms with E-state index >= 15 is 0 Å². The summed E-state index contributed by atoms with van der Waals surface area (Å²) in [6.45, 7) is 6.95. The van der Waals surface area contributed by atoms with Crippen LogP contribution < -0.4 is 9.47 Å². The van der Waals surface area contributed by atoms with Gasteiger partial charge in [-0.2, -0.15) is 0 Å². The zero-order chi connectivity index (χ0) is 31.6. The molecule has 0 amide bonds. The zero-order valence-electron chi connectivity index (χ0n) is 26.3. The summed E-state index contributed by atoms with van der Waals surface area (Å²) in [5.41, 5.74) is 2.80. The van der Waals surface area contributed by atoms with Gasteiger partial charge in [-0.1, -0.05) is 70.2 Å². The second-order valence-electron chi connectivity index (χ2n) is 11.0. The third-order valence-corrected chi connectivity index (χ3v) is 7.19. The predicted molar refractivity (Wildman–Crippen MR) is 172 cm³/mol. The fraction of sp³-hybridized carbons (Fsp3) is 0.432. The number of rotatable bonds is 19. The van der Waals surface area contributed by atoms with Crippen LogP contribution in [0.15, 0.2) is 72.8 Å². The quantitative estimate of drug-likeness (QED) is 0.0768. The minimum absolute atomic E-state index is 0.102. The largest absolute Gasteiger partial charge is 0.493 e. The highest BCUT2D eigenvalue weighted by Gasteiger charge is 2.13. The smallest absolute Gasteiger partial charge is 0.343 e. The number of hydrogen-bond acceptors (Lipinski definition) is 7. The molecule has 0 aliphatic heterocycles. The van der Waals surface area contributed by atoms with Gasteiger partial charge in [0.2, 0.25) is 0 Å². The van der Waals surface area contributed by atoms with E-state index < -0.39 is 5.97 Å². The van der Waals surface area contributed by atoms with Crippen LogP contribution in [-0.4, -0.2) is 37.2 Å². The van der Waals surface area contributed by atoms with E-state index in [2.05, 4.69) is 13.8 Å². The first-order valence-electron chi connectivity index (χ1n) is 15.9. The standard InChI is InChI=1S/C37H46O7/c1-4-6-8-10-12-28(3)43-36(39)31-16-14-29(15-17-31)30-18-24-34(25-19-30)44-37(40)32-20-22-33(23-21-32)41-26-11-27-42-35(38)13-9-7-5-2/h14-25,28H,4-13,26-27H2,1-3H3. The second kappa shape index (κ2) is 19.2. The molecule has 0 spiro atoms. The molecule has 3 aromatic rings. The molecule has 7 nitrogen and oxygen atoms in total. The minimum Gasteiger partial charge on any atom is -0.493 e. The van der Waals surface area contributed by atoms with E-state index in [0.29, 0.717) is 48.7 Å². The molecule has 3 rings (SSSR count). The van der Waals surface area contributed by atoms with Crippen LogP contribution in [0.3, 0.4) is 0 Å². The van der Waals surface area contributed by atoms with Crippen molar-refractivity contribution in [3.8, 4) is 22.6 Å². The van der Waals surface area contributed by atoms with Crippen molar-refractivity contribution in [3.05, 3.63) is 83.9 Å². The van der Waals surface area contributed by atoms with Gasteiger partial charge in [0.05, 0.1) is 30.4 Å². The van der Waals surface area contributed by atoms with Crippen LogP contribution in [0.4, 0.5) is 0 Å². The summed E-state index contributed by atoms with van der Waals surface area (Å²) in [5, 5.41) is 0. The monoisotopic (exact) mass is 602 g/mol. The summed E-state index contributed by atoms with van der Waals surface area (Å²) in [6.07, 6.45) is 9.41. The number of benzene rings is 3. The molecule has 0 aliphatic carbocycles. The molecule has 0 heterocycles. The van der Waals surface area contributed by atoms with Crippen molar-refractivity contribution in [2.45, 2.75) is 91.1 Å². The highest BCUT2D eigenvalue weighted by Crippen LogP contribution is 2.24. The van der Waals surface area contributed by atoms with Crippen molar-refractivity contribution in [1.82, 2.24) is 0 Å². The Bertz CT molecular complexity index is 1280. The van der Waals surface area contributed by atoms with E-state index in [-0.39, 0.29) is 18.0 Å². The second-order valence-corrected chi connectivity index (χ2v) is 11.0. The van der Waals surface area contributed by atoms with E-state index in [1.54, 1.807) is 48.5 Å². The maximum Gasteiger partial charge on any atom is 0.343 e. The number of ether oxygens (including phenoxy) is 4. The van der Waals surface area contributed by atoms with Crippen molar-refractivity contribution in [2.24, 2.45) is 0 Å². The molecular formula is C37H46O7. The maximum atomic E-state index is 12.6. The summed E-state index contributed by atoms with van der Waals surface area (Å²) < 4.78 is 22.0. The molecule has 44 heavy (non-hydrogen) atoms. The van der Waals surface area contributed by atoms with Gasteiger partial charge in [0, 0.05) is 12.8 Å². The molecule has 0 radical (unpaired) electrons. The van der Waals surface area contributed by atoms with Gasteiger partial charge in [-0.25, -0.2) is 9.59 Å². The molecule has 236 valence electrons. The van der Waals surface area contributed by atoms with E-state index in [1.807, 2.05) is 31.2 Å². The number of carbonyl (C=O) groups is 3. The lowest BCUT2D eigenvalue weighted by molar-refractivity contribution is -0.144. The van der Waals surface area contributed by atoms with Gasteiger partial charge in [0.15, 0.2) is 0 Å². The normalized spacial score (nSPS) is 11.4. The Morgan fingerprint density at radius 2 is 1.18 bits per heavy atom. The SMILES string of the molecule is CCCCCCC(C)OC(=O)c1ccc(-c2ccc(OC(=O)c3ccc(OCCCOC(=O)CCCCC)cc3)cc2)cc1. The van der Waals surface area contributed by atoms with Gasteiger partial charge < -0.3 is 18.9 Å². The molecule has 0 saturated carbocycles. The molecule has 0 aromatic heterocycles. The average molecular weight is 603 g/mol. The van der Waals surface area contributed by atoms with Gasteiger partial charge in [-0.3, -0.25) is 4.79 Å². The van der Waals surface area contributed by atoms with Crippen LogP contribution in [0.1, 0.15) is 106 Å². The Labute approximate surface area is 261 Å². The van der Waals surface area contributed by atoms with Crippen LogP contribution in [-0.2, 0) is 14.3 Å². The third kappa shape index (κ3) is 12.2. The Balaban J connectivity index is 1.41. The maximum absolute atomic E-state index is 12.6. The lowest BCUT2D eigenvalue weighted by Gasteiger charge is -2.13. The Hall–Kier alpha value is -4.13. The van der Waals surface area contributed by atoms with Crippen LogP contribution in [0.2, 0.25) is 0 Å². The van der Waals surface area contributed by atoms with Crippen LogP contribution in [0.25, 0.3) is 11.1 Å². The van der Waals surface area contributed by atoms with E-state index in [1.165, 1.54) is 12.8 Å². The van der Waals surface area contributed by atoms with E-state index in [0.717, 1.165) is 49.7 Å². The highest BCUT2D eigenvalue weighted by molar-refractivity contribution is 5.91. The zero-order valence-corrected chi connectivity index (χ0v) is 26.3. The van der Waals surface area contributed by atoms with Crippen LogP contribution in [0, 0.1) is 0 Å². The summed E-state index contributed by atoms with van der Waals surface area (Å²) in [5.74, 6) is 0.105. The Morgan fingerprint density at radius 3 is 1.84 bits per heavy atom. The average Bonchev–Trinajstić information content (AvgIpc) is 3.04. The van der Waals surface area contributed by atoms with Crippen molar-refractivity contribution >= 4 is 17.9 Å². The molecule has 0 fully saturated rings. The Kier molecular flexibility index (Phi) is 15.0. The molecule has 7 heteroatoms. The van der Waals surface area contributed by atoms with Crippen molar-refractivity contribution in [3.63, 3.8) is 0 Å².